The summed E-state index contributed by atoms with van der Waals surface area (Å²) in [7, 11) is -4.18. The molecular formula is C17H26O5S. The van der Waals surface area contributed by atoms with E-state index in [1.54, 1.807) is 12.1 Å². The molecule has 0 saturated heterocycles. The molecule has 0 aliphatic rings. The van der Waals surface area contributed by atoms with Crippen LogP contribution in [0.3, 0.4) is 0 Å². The highest BCUT2D eigenvalue weighted by Crippen LogP contribution is 2.29. The molecule has 0 fully saturated rings. The average Bonchev–Trinajstić information content (AvgIpc) is 2.48. The van der Waals surface area contributed by atoms with Gasteiger partial charge in [0, 0.05) is 6.42 Å². The van der Waals surface area contributed by atoms with Crippen LogP contribution in [0.1, 0.15) is 69.8 Å². The van der Waals surface area contributed by atoms with Gasteiger partial charge in [0.25, 0.3) is 10.1 Å². The van der Waals surface area contributed by atoms with Crippen molar-refractivity contribution in [2.75, 3.05) is 0 Å². The summed E-state index contributed by atoms with van der Waals surface area (Å²) in [6.45, 7) is 2.15. The van der Waals surface area contributed by atoms with Crippen LogP contribution in [0.25, 0.3) is 0 Å². The Morgan fingerprint density at radius 3 is 2.17 bits per heavy atom. The third-order valence-electron chi connectivity index (χ3n) is 4.00. The molecule has 1 unspecified atom stereocenters. The SMILES string of the molecule is CCCCCCC(CCCC(=O)O)c1ccc(S(=O)(=O)O)cc1. The minimum absolute atomic E-state index is 0.114. The molecule has 0 aromatic heterocycles. The van der Waals surface area contributed by atoms with E-state index in [2.05, 4.69) is 6.92 Å². The summed E-state index contributed by atoms with van der Waals surface area (Å²) in [5.74, 6) is -0.571. The molecule has 0 aliphatic heterocycles. The molecule has 0 spiro atoms. The number of unbranched alkanes of at least 4 members (excludes halogenated alkanes) is 3. The fourth-order valence-corrected chi connectivity index (χ4v) is 3.19. The molecule has 5 nitrogen and oxygen atoms in total. The second kappa shape index (κ2) is 9.67. The lowest BCUT2D eigenvalue weighted by Gasteiger charge is -2.17. The zero-order valence-corrected chi connectivity index (χ0v) is 14.4. The predicted molar refractivity (Wildman–Crippen MR) is 89.2 cm³/mol. The van der Waals surface area contributed by atoms with Crippen LogP contribution >= 0.6 is 0 Å². The lowest BCUT2D eigenvalue weighted by Crippen LogP contribution is -2.03. The lowest BCUT2D eigenvalue weighted by molar-refractivity contribution is -0.137. The summed E-state index contributed by atoms with van der Waals surface area (Å²) >= 11 is 0. The Morgan fingerprint density at radius 2 is 1.65 bits per heavy atom. The molecule has 1 aromatic carbocycles. The van der Waals surface area contributed by atoms with E-state index < -0.39 is 16.1 Å². The highest BCUT2D eigenvalue weighted by molar-refractivity contribution is 7.85. The zero-order valence-electron chi connectivity index (χ0n) is 13.6. The Bertz CT molecular complexity index is 578. The van der Waals surface area contributed by atoms with Gasteiger partial charge in [-0.05, 0) is 42.9 Å². The number of hydrogen-bond acceptors (Lipinski definition) is 3. The molecule has 0 heterocycles. The van der Waals surface area contributed by atoms with Gasteiger partial charge in [-0.3, -0.25) is 9.35 Å². The Kier molecular flexibility index (Phi) is 8.26. The summed E-state index contributed by atoms with van der Waals surface area (Å²) < 4.78 is 31.2. The van der Waals surface area contributed by atoms with Crippen molar-refractivity contribution in [2.45, 2.75) is 69.1 Å². The summed E-state index contributed by atoms with van der Waals surface area (Å²) in [5, 5.41) is 8.77. The Morgan fingerprint density at radius 1 is 1.04 bits per heavy atom. The van der Waals surface area contributed by atoms with E-state index in [1.165, 1.54) is 18.6 Å². The van der Waals surface area contributed by atoms with Crippen molar-refractivity contribution in [2.24, 2.45) is 0 Å². The standard InChI is InChI=1S/C17H26O5S/c1-2-3-4-5-7-14(8-6-9-17(18)19)15-10-12-16(13-11-15)23(20,21)22/h10-14H,2-9H2,1H3,(H,18,19)(H,20,21,22). The van der Waals surface area contributed by atoms with E-state index >= 15 is 0 Å². The van der Waals surface area contributed by atoms with E-state index in [1.807, 2.05) is 0 Å². The molecule has 23 heavy (non-hydrogen) atoms. The molecule has 1 atom stereocenters. The van der Waals surface area contributed by atoms with Crippen LogP contribution in [0, 0.1) is 0 Å². The van der Waals surface area contributed by atoms with Gasteiger partial charge in [0.1, 0.15) is 0 Å². The topological polar surface area (TPSA) is 91.7 Å². The van der Waals surface area contributed by atoms with Gasteiger partial charge in [0.2, 0.25) is 0 Å². The van der Waals surface area contributed by atoms with E-state index in [0.717, 1.165) is 37.7 Å². The molecule has 0 aliphatic carbocycles. The second-order valence-corrected chi connectivity index (χ2v) is 7.30. The van der Waals surface area contributed by atoms with Crippen LogP contribution in [0.15, 0.2) is 29.2 Å². The molecule has 0 bridgehead atoms. The van der Waals surface area contributed by atoms with Crippen LogP contribution in [0.2, 0.25) is 0 Å². The van der Waals surface area contributed by atoms with E-state index in [0.29, 0.717) is 6.42 Å². The summed E-state index contributed by atoms with van der Waals surface area (Å²) in [4.78, 5) is 10.6. The Labute approximate surface area is 138 Å². The molecule has 2 N–H and O–H groups in total. The Hall–Kier alpha value is -1.40. The number of aliphatic carboxylic acids is 1. The van der Waals surface area contributed by atoms with Crippen molar-refractivity contribution in [1.82, 2.24) is 0 Å². The normalized spacial score (nSPS) is 13.0. The van der Waals surface area contributed by atoms with Crippen molar-refractivity contribution < 1.29 is 22.9 Å². The third kappa shape index (κ3) is 7.61. The fourth-order valence-electron chi connectivity index (χ4n) is 2.71. The quantitative estimate of drug-likeness (QED) is 0.463. The minimum atomic E-state index is -4.18. The summed E-state index contributed by atoms with van der Waals surface area (Å²) in [6, 6.07) is 6.24. The van der Waals surface area contributed by atoms with Crippen LogP contribution < -0.4 is 0 Å². The van der Waals surface area contributed by atoms with E-state index in [4.69, 9.17) is 9.66 Å². The largest absolute Gasteiger partial charge is 0.481 e. The van der Waals surface area contributed by atoms with Crippen LogP contribution in [-0.4, -0.2) is 24.0 Å². The maximum absolute atomic E-state index is 11.1. The fraction of sp³-hybridized carbons (Fsp3) is 0.588. The minimum Gasteiger partial charge on any atom is -0.481 e. The highest BCUT2D eigenvalue weighted by atomic mass is 32.2. The predicted octanol–water partition coefficient (Wildman–Crippen LogP) is 4.24. The zero-order chi connectivity index (χ0) is 17.3. The molecular weight excluding hydrogens is 316 g/mol. The van der Waals surface area contributed by atoms with E-state index in [9.17, 15) is 13.2 Å². The lowest BCUT2D eigenvalue weighted by atomic mass is 9.88. The van der Waals surface area contributed by atoms with Crippen molar-refractivity contribution in [3.8, 4) is 0 Å². The van der Waals surface area contributed by atoms with Gasteiger partial charge in [-0.25, -0.2) is 0 Å². The summed E-state index contributed by atoms with van der Waals surface area (Å²) in [5.41, 5.74) is 0.999. The number of benzene rings is 1. The van der Waals surface area contributed by atoms with Crippen molar-refractivity contribution in [1.29, 1.82) is 0 Å². The number of carboxylic acid groups (broad SMARTS) is 1. The number of carbonyl (C=O) groups is 1. The second-order valence-electron chi connectivity index (χ2n) is 5.88. The van der Waals surface area contributed by atoms with Gasteiger partial charge in [-0.1, -0.05) is 44.7 Å². The Balaban J connectivity index is 2.74. The maximum Gasteiger partial charge on any atom is 0.303 e. The third-order valence-corrected chi connectivity index (χ3v) is 4.87. The van der Waals surface area contributed by atoms with Crippen LogP contribution in [-0.2, 0) is 14.9 Å². The van der Waals surface area contributed by atoms with Gasteiger partial charge in [-0.15, -0.1) is 0 Å². The van der Waals surface area contributed by atoms with Crippen LogP contribution in [0.5, 0.6) is 0 Å². The van der Waals surface area contributed by atoms with Crippen molar-refractivity contribution in [3.63, 3.8) is 0 Å². The first kappa shape index (κ1) is 19.6. The molecule has 0 saturated carbocycles. The highest BCUT2D eigenvalue weighted by Gasteiger charge is 2.14. The molecule has 130 valence electrons. The number of rotatable bonds is 11. The number of hydrogen-bond donors (Lipinski definition) is 2. The molecule has 0 amide bonds. The van der Waals surface area contributed by atoms with Crippen molar-refractivity contribution >= 4 is 16.1 Å². The molecule has 0 radical (unpaired) electrons. The average molecular weight is 342 g/mol. The first-order valence-corrected chi connectivity index (χ1v) is 9.58. The first-order chi connectivity index (χ1) is 10.8. The molecule has 1 rings (SSSR count). The van der Waals surface area contributed by atoms with Gasteiger partial charge in [0.15, 0.2) is 0 Å². The monoisotopic (exact) mass is 342 g/mol. The van der Waals surface area contributed by atoms with Gasteiger partial charge in [0.05, 0.1) is 4.90 Å². The van der Waals surface area contributed by atoms with Gasteiger partial charge < -0.3 is 5.11 Å². The van der Waals surface area contributed by atoms with Crippen LogP contribution in [0.4, 0.5) is 0 Å². The summed E-state index contributed by atoms with van der Waals surface area (Å²) in [6.07, 6.45) is 7.05. The van der Waals surface area contributed by atoms with Gasteiger partial charge >= 0.3 is 5.97 Å². The van der Waals surface area contributed by atoms with E-state index in [-0.39, 0.29) is 17.2 Å². The first-order valence-electron chi connectivity index (χ1n) is 8.13. The molecule has 6 heteroatoms. The molecule has 1 aromatic rings. The van der Waals surface area contributed by atoms with Crippen molar-refractivity contribution in [3.05, 3.63) is 29.8 Å². The van der Waals surface area contributed by atoms with Gasteiger partial charge in [-0.2, -0.15) is 8.42 Å². The number of carboxylic acids is 1. The smallest absolute Gasteiger partial charge is 0.303 e. The maximum atomic E-state index is 11.1.